The second-order valence-corrected chi connectivity index (χ2v) is 6.89. The Labute approximate surface area is 131 Å². The number of nitrogens with one attached hydrogen (secondary N) is 1. The predicted molar refractivity (Wildman–Crippen MR) is 87.4 cm³/mol. The van der Waals surface area contributed by atoms with E-state index >= 15 is 0 Å². The third kappa shape index (κ3) is 9.10. The van der Waals surface area contributed by atoms with E-state index in [0.717, 1.165) is 32.3 Å². The zero-order chi connectivity index (χ0) is 16.5. The molecule has 0 heterocycles. The highest BCUT2D eigenvalue weighted by molar-refractivity contribution is 5.80. The number of hydrogen-bond donors (Lipinski definition) is 1. The Hall–Kier alpha value is -0.610. The van der Waals surface area contributed by atoms with Crippen molar-refractivity contribution < 1.29 is 14.3 Å². The maximum absolute atomic E-state index is 11.9. The van der Waals surface area contributed by atoms with Crippen LogP contribution in [0.25, 0.3) is 0 Å². The van der Waals surface area contributed by atoms with Gasteiger partial charge in [-0.2, -0.15) is 0 Å². The molecule has 4 heteroatoms. The first-order valence-corrected chi connectivity index (χ1v) is 8.19. The number of methoxy groups -OCH3 is 1. The average molecular weight is 301 g/mol. The smallest absolute Gasteiger partial charge is 0.325 e. The molecule has 0 aliphatic rings. The van der Waals surface area contributed by atoms with Crippen LogP contribution in [0.2, 0.25) is 0 Å². The van der Waals surface area contributed by atoms with Crippen molar-refractivity contribution in [1.29, 1.82) is 0 Å². The summed E-state index contributed by atoms with van der Waals surface area (Å²) in [5.74, 6) is 0.475. The van der Waals surface area contributed by atoms with E-state index in [2.05, 4.69) is 26.1 Å². The van der Waals surface area contributed by atoms with Crippen LogP contribution in [-0.4, -0.2) is 37.4 Å². The molecule has 0 aromatic carbocycles. The number of carbonyl (C=O) groups is 1. The molecule has 0 fully saturated rings. The van der Waals surface area contributed by atoms with E-state index in [1.54, 1.807) is 0 Å². The molecule has 0 saturated heterocycles. The topological polar surface area (TPSA) is 47.6 Å². The summed E-state index contributed by atoms with van der Waals surface area (Å²) in [5.41, 5.74) is -0.605. The second-order valence-electron chi connectivity index (χ2n) is 6.89. The van der Waals surface area contributed by atoms with E-state index in [-0.39, 0.29) is 12.0 Å². The van der Waals surface area contributed by atoms with Gasteiger partial charge in [0.25, 0.3) is 0 Å². The molecule has 0 amide bonds. The van der Waals surface area contributed by atoms with Crippen LogP contribution in [-0.2, 0) is 14.3 Å². The van der Waals surface area contributed by atoms with Crippen molar-refractivity contribution in [3.05, 3.63) is 0 Å². The zero-order valence-electron chi connectivity index (χ0n) is 15.0. The first kappa shape index (κ1) is 20.4. The van der Waals surface area contributed by atoms with Gasteiger partial charge in [0, 0.05) is 12.6 Å². The van der Waals surface area contributed by atoms with E-state index in [4.69, 9.17) is 9.47 Å². The normalized spacial score (nSPS) is 16.0. The summed E-state index contributed by atoms with van der Waals surface area (Å²) in [4.78, 5) is 11.9. The minimum Gasteiger partial charge on any atom is -0.468 e. The van der Waals surface area contributed by atoms with Gasteiger partial charge in [-0.25, -0.2) is 0 Å². The Kier molecular flexibility index (Phi) is 9.88. The molecule has 2 unspecified atom stereocenters. The van der Waals surface area contributed by atoms with E-state index in [1.807, 2.05) is 20.8 Å². The second kappa shape index (κ2) is 10.2. The van der Waals surface area contributed by atoms with Gasteiger partial charge in [-0.15, -0.1) is 0 Å². The van der Waals surface area contributed by atoms with Gasteiger partial charge >= 0.3 is 5.97 Å². The van der Waals surface area contributed by atoms with Gasteiger partial charge in [-0.1, -0.05) is 13.8 Å². The van der Waals surface area contributed by atoms with E-state index < -0.39 is 5.54 Å². The third-order valence-electron chi connectivity index (χ3n) is 3.52. The standard InChI is InChI=1S/C17H35NO3/c1-13(2)12-15(5)21-11-9-8-10-17(6,16(19)20-7)18-14(3)4/h13-15,18H,8-12H2,1-7H3. The molecule has 21 heavy (non-hydrogen) atoms. The van der Waals surface area contributed by atoms with Crippen LogP contribution in [0, 0.1) is 5.92 Å². The Bertz CT molecular complexity index is 292. The van der Waals surface area contributed by atoms with Crippen molar-refractivity contribution in [1.82, 2.24) is 5.32 Å². The van der Waals surface area contributed by atoms with Gasteiger partial charge < -0.3 is 9.47 Å². The molecule has 0 radical (unpaired) electrons. The van der Waals surface area contributed by atoms with Gasteiger partial charge in [0.2, 0.25) is 0 Å². The number of unbranched alkanes of at least 4 members (excludes halogenated alkanes) is 1. The van der Waals surface area contributed by atoms with Crippen molar-refractivity contribution in [3.8, 4) is 0 Å². The molecule has 0 aliphatic carbocycles. The van der Waals surface area contributed by atoms with Crippen LogP contribution in [0.4, 0.5) is 0 Å². The molecular formula is C17H35NO3. The number of rotatable bonds is 11. The monoisotopic (exact) mass is 301 g/mol. The Morgan fingerprint density at radius 3 is 2.24 bits per heavy atom. The molecule has 0 saturated carbocycles. The van der Waals surface area contributed by atoms with E-state index in [1.165, 1.54) is 7.11 Å². The average Bonchev–Trinajstić information content (AvgIpc) is 2.35. The molecule has 0 aliphatic heterocycles. The number of ether oxygens (including phenoxy) is 2. The van der Waals surface area contributed by atoms with Crippen LogP contribution >= 0.6 is 0 Å². The van der Waals surface area contributed by atoms with Crippen LogP contribution in [0.3, 0.4) is 0 Å². The summed E-state index contributed by atoms with van der Waals surface area (Å²) in [6.07, 6.45) is 4.08. The molecule has 0 spiro atoms. The van der Waals surface area contributed by atoms with Crippen LogP contribution in [0.5, 0.6) is 0 Å². The van der Waals surface area contributed by atoms with Gasteiger partial charge in [-0.3, -0.25) is 10.1 Å². The quantitative estimate of drug-likeness (QED) is 0.468. The summed E-state index contributed by atoms with van der Waals surface area (Å²) in [6, 6.07) is 0.247. The Balaban J connectivity index is 4.07. The minimum atomic E-state index is -0.605. The summed E-state index contributed by atoms with van der Waals surface area (Å²) in [5, 5.41) is 3.32. The fourth-order valence-electron chi connectivity index (χ4n) is 2.69. The maximum Gasteiger partial charge on any atom is 0.325 e. The lowest BCUT2D eigenvalue weighted by Crippen LogP contribution is -2.52. The molecule has 0 bridgehead atoms. The molecule has 4 nitrogen and oxygen atoms in total. The SMILES string of the molecule is COC(=O)C(C)(CCCCOC(C)CC(C)C)NC(C)C. The molecule has 0 aromatic heterocycles. The number of esters is 1. The van der Waals surface area contributed by atoms with Gasteiger partial charge in [0.1, 0.15) is 5.54 Å². The maximum atomic E-state index is 11.9. The van der Waals surface area contributed by atoms with Crippen LogP contribution < -0.4 is 5.32 Å². The molecule has 1 N–H and O–H groups in total. The first-order valence-electron chi connectivity index (χ1n) is 8.19. The third-order valence-corrected chi connectivity index (χ3v) is 3.52. The van der Waals surface area contributed by atoms with Crippen LogP contribution in [0.1, 0.15) is 67.2 Å². The zero-order valence-corrected chi connectivity index (χ0v) is 15.0. The summed E-state index contributed by atoms with van der Waals surface area (Å²) < 4.78 is 10.7. The van der Waals surface area contributed by atoms with Gasteiger partial charge in [-0.05, 0) is 59.3 Å². The molecular weight excluding hydrogens is 266 g/mol. The predicted octanol–water partition coefficient (Wildman–Crippen LogP) is 3.54. The molecule has 126 valence electrons. The van der Waals surface area contributed by atoms with Crippen molar-refractivity contribution in [2.45, 2.75) is 84.9 Å². The van der Waals surface area contributed by atoms with Crippen molar-refractivity contribution in [3.63, 3.8) is 0 Å². The lowest BCUT2D eigenvalue weighted by Gasteiger charge is -2.30. The highest BCUT2D eigenvalue weighted by Crippen LogP contribution is 2.17. The van der Waals surface area contributed by atoms with Crippen molar-refractivity contribution in [2.24, 2.45) is 5.92 Å². The van der Waals surface area contributed by atoms with Crippen molar-refractivity contribution >= 4 is 5.97 Å². The fraction of sp³-hybridized carbons (Fsp3) is 0.941. The van der Waals surface area contributed by atoms with E-state index in [9.17, 15) is 4.79 Å². The largest absolute Gasteiger partial charge is 0.468 e. The first-order chi connectivity index (χ1) is 9.71. The summed E-state index contributed by atoms with van der Waals surface area (Å²) in [6.45, 7) is 13.3. The lowest BCUT2D eigenvalue weighted by atomic mass is 9.94. The van der Waals surface area contributed by atoms with E-state index in [0.29, 0.717) is 12.0 Å². The Morgan fingerprint density at radius 2 is 1.76 bits per heavy atom. The lowest BCUT2D eigenvalue weighted by molar-refractivity contribution is -0.148. The van der Waals surface area contributed by atoms with Crippen molar-refractivity contribution in [2.75, 3.05) is 13.7 Å². The number of hydrogen-bond acceptors (Lipinski definition) is 4. The summed E-state index contributed by atoms with van der Waals surface area (Å²) in [7, 11) is 1.44. The fourth-order valence-corrected chi connectivity index (χ4v) is 2.69. The molecule has 2 atom stereocenters. The molecule has 0 rings (SSSR count). The van der Waals surface area contributed by atoms with Crippen LogP contribution in [0.15, 0.2) is 0 Å². The number of carbonyl (C=O) groups excluding carboxylic acids is 1. The highest BCUT2D eigenvalue weighted by atomic mass is 16.5. The van der Waals surface area contributed by atoms with Gasteiger partial charge in [0.15, 0.2) is 0 Å². The minimum absolute atomic E-state index is 0.190. The Morgan fingerprint density at radius 1 is 1.14 bits per heavy atom. The van der Waals surface area contributed by atoms with Gasteiger partial charge in [0.05, 0.1) is 13.2 Å². The molecule has 0 aromatic rings. The highest BCUT2D eigenvalue weighted by Gasteiger charge is 2.33. The summed E-state index contributed by atoms with van der Waals surface area (Å²) >= 11 is 0.